The molecule has 0 fully saturated rings. The van der Waals surface area contributed by atoms with Crippen molar-refractivity contribution < 1.29 is 0 Å². The van der Waals surface area contributed by atoms with Crippen molar-refractivity contribution in [2.24, 2.45) is 0 Å². The summed E-state index contributed by atoms with van der Waals surface area (Å²) in [6.07, 6.45) is 1.78. The smallest absolute Gasteiger partial charge is 0.0458 e. The third-order valence-electron chi connectivity index (χ3n) is 1.26. The van der Waals surface area contributed by atoms with E-state index in [9.17, 15) is 0 Å². The molecule has 0 aromatic heterocycles. The standard InChI is InChI=1S/C8H8BrN/c1-2-6-3-4-8(10)7(9)5-6/h2-5H,1,10H2. The average molecular weight is 198 g/mol. The minimum Gasteiger partial charge on any atom is -0.398 e. The molecular weight excluding hydrogens is 190 g/mol. The molecule has 0 bridgehead atoms. The maximum absolute atomic E-state index is 5.56. The molecule has 0 amide bonds. The predicted octanol–water partition coefficient (Wildman–Crippen LogP) is 2.67. The molecule has 0 aliphatic heterocycles. The van der Waals surface area contributed by atoms with E-state index in [0.29, 0.717) is 0 Å². The zero-order valence-electron chi connectivity index (χ0n) is 5.47. The fraction of sp³-hybridized carbons (Fsp3) is 0. The maximum atomic E-state index is 5.56. The van der Waals surface area contributed by atoms with E-state index in [0.717, 1.165) is 15.7 Å². The summed E-state index contributed by atoms with van der Waals surface area (Å²) >= 11 is 3.31. The minimum absolute atomic E-state index is 0.755. The van der Waals surface area contributed by atoms with Gasteiger partial charge >= 0.3 is 0 Å². The highest BCUT2D eigenvalue weighted by atomic mass is 79.9. The fourth-order valence-corrected chi connectivity index (χ4v) is 1.07. The Morgan fingerprint density at radius 2 is 2.20 bits per heavy atom. The maximum Gasteiger partial charge on any atom is 0.0458 e. The SMILES string of the molecule is C=Cc1ccc(N)c(Br)c1. The van der Waals surface area contributed by atoms with E-state index in [1.54, 1.807) is 6.08 Å². The van der Waals surface area contributed by atoms with Gasteiger partial charge in [0.2, 0.25) is 0 Å². The van der Waals surface area contributed by atoms with Crippen molar-refractivity contribution in [3.05, 3.63) is 34.8 Å². The number of rotatable bonds is 1. The Morgan fingerprint density at radius 3 is 2.70 bits per heavy atom. The molecule has 2 N–H and O–H groups in total. The van der Waals surface area contributed by atoms with Crippen LogP contribution in [0.4, 0.5) is 5.69 Å². The second-order valence-electron chi connectivity index (χ2n) is 1.99. The molecule has 0 unspecified atom stereocenters. The van der Waals surface area contributed by atoms with Gasteiger partial charge in [-0.3, -0.25) is 0 Å². The van der Waals surface area contributed by atoms with Gasteiger partial charge in [0, 0.05) is 10.2 Å². The molecule has 1 rings (SSSR count). The van der Waals surface area contributed by atoms with Crippen molar-refractivity contribution in [1.29, 1.82) is 0 Å². The Morgan fingerprint density at radius 1 is 1.50 bits per heavy atom. The molecule has 0 atom stereocenters. The van der Waals surface area contributed by atoms with E-state index in [-0.39, 0.29) is 0 Å². The van der Waals surface area contributed by atoms with Gasteiger partial charge in [0.1, 0.15) is 0 Å². The van der Waals surface area contributed by atoms with Gasteiger partial charge in [0.25, 0.3) is 0 Å². The van der Waals surface area contributed by atoms with Crippen LogP contribution in [0, 0.1) is 0 Å². The highest BCUT2D eigenvalue weighted by Crippen LogP contribution is 2.20. The lowest BCUT2D eigenvalue weighted by atomic mass is 10.2. The van der Waals surface area contributed by atoms with Crippen LogP contribution < -0.4 is 5.73 Å². The lowest BCUT2D eigenvalue weighted by Crippen LogP contribution is -1.85. The van der Waals surface area contributed by atoms with E-state index in [1.807, 2.05) is 18.2 Å². The molecule has 0 saturated heterocycles. The number of halogens is 1. The lowest BCUT2D eigenvalue weighted by Gasteiger charge is -1.97. The minimum atomic E-state index is 0.755. The van der Waals surface area contributed by atoms with Crippen LogP contribution in [0.1, 0.15) is 5.56 Å². The first-order valence-electron chi connectivity index (χ1n) is 2.91. The first-order valence-corrected chi connectivity index (χ1v) is 3.71. The molecule has 2 heteroatoms. The highest BCUT2D eigenvalue weighted by molar-refractivity contribution is 9.10. The van der Waals surface area contributed by atoms with Crippen molar-refractivity contribution in [2.75, 3.05) is 5.73 Å². The Kier molecular flexibility index (Phi) is 2.12. The molecule has 10 heavy (non-hydrogen) atoms. The molecule has 1 aromatic rings. The number of hydrogen-bond donors (Lipinski definition) is 1. The third-order valence-corrected chi connectivity index (χ3v) is 1.95. The van der Waals surface area contributed by atoms with E-state index in [4.69, 9.17) is 5.73 Å². The van der Waals surface area contributed by atoms with Gasteiger partial charge in [-0.15, -0.1) is 0 Å². The normalized spacial score (nSPS) is 9.30. The number of anilines is 1. The molecule has 1 nitrogen and oxygen atoms in total. The lowest BCUT2D eigenvalue weighted by molar-refractivity contribution is 1.60. The van der Waals surface area contributed by atoms with Crippen LogP contribution in [0.3, 0.4) is 0 Å². The Labute approximate surface area is 68.7 Å². The summed E-state index contributed by atoms with van der Waals surface area (Å²) in [7, 11) is 0. The molecule has 0 radical (unpaired) electrons. The van der Waals surface area contributed by atoms with E-state index in [2.05, 4.69) is 22.5 Å². The van der Waals surface area contributed by atoms with Crippen molar-refractivity contribution in [3.63, 3.8) is 0 Å². The molecule has 0 saturated carbocycles. The van der Waals surface area contributed by atoms with E-state index in [1.165, 1.54) is 0 Å². The topological polar surface area (TPSA) is 26.0 Å². The number of hydrogen-bond acceptors (Lipinski definition) is 1. The Balaban J connectivity index is 3.16. The summed E-state index contributed by atoms with van der Waals surface area (Å²) in [4.78, 5) is 0. The molecule has 1 aromatic carbocycles. The van der Waals surface area contributed by atoms with Gasteiger partial charge < -0.3 is 5.73 Å². The Bertz CT molecular complexity index is 255. The van der Waals surface area contributed by atoms with Crippen molar-refractivity contribution in [1.82, 2.24) is 0 Å². The first kappa shape index (κ1) is 7.35. The second kappa shape index (κ2) is 2.88. The largest absolute Gasteiger partial charge is 0.398 e. The highest BCUT2D eigenvalue weighted by Gasteiger charge is 1.92. The van der Waals surface area contributed by atoms with Gasteiger partial charge in [0.05, 0.1) is 0 Å². The number of nitrogens with two attached hydrogens (primary N) is 1. The van der Waals surface area contributed by atoms with Crippen molar-refractivity contribution in [2.45, 2.75) is 0 Å². The summed E-state index contributed by atoms with van der Waals surface area (Å²) in [6, 6.07) is 5.70. The van der Waals surface area contributed by atoms with Crippen LogP contribution in [0.5, 0.6) is 0 Å². The average Bonchev–Trinajstić information content (AvgIpc) is 1.95. The molecule has 0 aliphatic rings. The summed E-state index contributed by atoms with van der Waals surface area (Å²) in [6.45, 7) is 3.64. The quantitative estimate of drug-likeness (QED) is 0.689. The van der Waals surface area contributed by atoms with Crippen molar-refractivity contribution >= 4 is 27.7 Å². The zero-order chi connectivity index (χ0) is 7.56. The van der Waals surface area contributed by atoms with Gasteiger partial charge in [-0.05, 0) is 33.6 Å². The number of nitrogen functional groups attached to an aromatic ring is 1. The second-order valence-corrected chi connectivity index (χ2v) is 2.84. The monoisotopic (exact) mass is 197 g/mol. The summed E-state index contributed by atoms with van der Waals surface area (Å²) in [5.74, 6) is 0. The number of benzene rings is 1. The van der Waals surface area contributed by atoms with Gasteiger partial charge in [-0.25, -0.2) is 0 Å². The zero-order valence-corrected chi connectivity index (χ0v) is 7.06. The van der Waals surface area contributed by atoms with Crippen molar-refractivity contribution in [3.8, 4) is 0 Å². The molecule has 0 aliphatic carbocycles. The van der Waals surface area contributed by atoms with Gasteiger partial charge in [-0.2, -0.15) is 0 Å². The predicted molar refractivity (Wildman–Crippen MR) is 48.6 cm³/mol. The van der Waals surface area contributed by atoms with Crippen LogP contribution in [-0.4, -0.2) is 0 Å². The van der Waals surface area contributed by atoms with Gasteiger partial charge in [0.15, 0.2) is 0 Å². The fourth-order valence-electron chi connectivity index (χ4n) is 0.670. The third kappa shape index (κ3) is 1.39. The summed E-state index contributed by atoms with van der Waals surface area (Å²) < 4.78 is 0.921. The van der Waals surface area contributed by atoms with Crippen LogP contribution in [0.15, 0.2) is 29.3 Å². The molecule has 52 valence electrons. The van der Waals surface area contributed by atoms with E-state index >= 15 is 0 Å². The van der Waals surface area contributed by atoms with Crippen LogP contribution in [0.2, 0.25) is 0 Å². The summed E-state index contributed by atoms with van der Waals surface area (Å²) in [5, 5.41) is 0. The van der Waals surface area contributed by atoms with Crippen LogP contribution >= 0.6 is 15.9 Å². The van der Waals surface area contributed by atoms with Gasteiger partial charge in [-0.1, -0.05) is 18.7 Å². The first-order chi connectivity index (χ1) is 4.74. The molecule has 0 heterocycles. The van der Waals surface area contributed by atoms with E-state index < -0.39 is 0 Å². The molecular formula is C8H8BrN. The van der Waals surface area contributed by atoms with Crippen LogP contribution in [-0.2, 0) is 0 Å². The molecule has 0 spiro atoms. The Hall–Kier alpha value is -0.760. The van der Waals surface area contributed by atoms with Crippen LogP contribution in [0.25, 0.3) is 6.08 Å². The summed E-state index contributed by atoms with van der Waals surface area (Å²) in [5.41, 5.74) is 7.39.